The van der Waals surface area contributed by atoms with Crippen molar-refractivity contribution in [3.8, 4) is 5.75 Å². The summed E-state index contributed by atoms with van der Waals surface area (Å²) in [5.41, 5.74) is 1.28. The van der Waals surface area contributed by atoms with E-state index in [0.717, 1.165) is 37.1 Å². The van der Waals surface area contributed by atoms with Gasteiger partial charge in [-0.1, -0.05) is 24.3 Å². The van der Waals surface area contributed by atoms with Crippen LogP contribution in [-0.4, -0.2) is 61.2 Å². The number of amides is 1. The van der Waals surface area contributed by atoms with E-state index in [2.05, 4.69) is 15.1 Å². The molecule has 2 heterocycles. The van der Waals surface area contributed by atoms with Crippen molar-refractivity contribution in [2.45, 2.75) is 13.5 Å². The van der Waals surface area contributed by atoms with Gasteiger partial charge < -0.3 is 19.5 Å². The highest BCUT2D eigenvalue weighted by molar-refractivity contribution is 5.86. The van der Waals surface area contributed by atoms with E-state index in [9.17, 15) is 14.0 Å². The molecule has 33 heavy (non-hydrogen) atoms. The summed E-state index contributed by atoms with van der Waals surface area (Å²) in [5.74, 6) is -0.0125. The first kappa shape index (κ1) is 22.8. The van der Waals surface area contributed by atoms with E-state index >= 15 is 0 Å². The molecule has 1 N–H and O–H groups in total. The molecule has 8 heteroatoms. The number of aryl methyl sites for hydroxylation is 1. The van der Waals surface area contributed by atoms with Crippen LogP contribution in [0.5, 0.6) is 5.75 Å². The summed E-state index contributed by atoms with van der Waals surface area (Å²) < 4.78 is 21.3. The Bertz CT molecular complexity index is 1170. The summed E-state index contributed by atoms with van der Waals surface area (Å²) in [6.07, 6.45) is 0. The van der Waals surface area contributed by atoms with E-state index in [1.807, 2.05) is 37.3 Å². The van der Waals surface area contributed by atoms with E-state index in [1.54, 1.807) is 16.7 Å². The molecule has 0 spiro atoms. The van der Waals surface area contributed by atoms with Crippen LogP contribution in [0.15, 0.2) is 59.4 Å². The number of fused-ring (bicyclic) bond motifs is 1. The van der Waals surface area contributed by atoms with Crippen molar-refractivity contribution in [1.29, 1.82) is 0 Å². The van der Waals surface area contributed by atoms with Gasteiger partial charge in [0.25, 0.3) is 11.5 Å². The zero-order valence-electron chi connectivity index (χ0n) is 18.8. The Morgan fingerprint density at radius 3 is 2.55 bits per heavy atom. The Hall–Kier alpha value is -3.39. The molecule has 0 atom stereocenters. The lowest BCUT2D eigenvalue weighted by atomic mass is 10.2. The molecule has 0 radical (unpaired) electrons. The first-order valence-electron chi connectivity index (χ1n) is 11.3. The lowest BCUT2D eigenvalue weighted by Crippen LogP contribution is -2.49. The maximum absolute atomic E-state index is 14.0. The van der Waals surface area contributed by atoms with Gasteiger partial charge in [-0.15, -0.1) is 0 Å². The smallest absolute Gasteiger partial charge is 0.257 e. The molecule has 4 rings (SSSR count). The Morgan fingerprint density at radius 1 is 1.06 bits per heavy atom. The van der Waals surface area contributed by atoms with Gasteiger partial charge in [0.15, 0.2) is 6.61 Å². The average molecular weight is 453 g/mol. The quantitative estimate of drug-likeness (QED) is 0.569. The molecule has 0 aliphatic carbocycles. The number of hydrogen-bond donors (Lipinski definition) is 1. The number of ether oxygens (including phenoxy) is 1. The van der Waals surface area contributed by atoms with Crippen molar-refractivity contribution in [3.63, 3.8) is 0 Å². The van der Waals surface area contributed by atoms with Gasteiger partial charge in [0.1, 0.15) is 11.6 Å². The van der Waals surface area contributed by atoms with Crippen LogP contribution in [0.1, 0.15) is 6.92 Å². The lowest BCUT2D eigenvalue weighted by molar-refractivity contribution is -0.123. The fraction of sp³-hybridized carbons (Fsp3) is 0.360. The largest absolute Gasteiger partial charge is 0.483 e. The number of carbonyl (C=O) groups excluding carboxylic acids is 1. The number of nitrogens with zero attached hydrogens (tertiary/aromatic N) is 3. The second-order valence-corrected chi connectivity index (χ2v) is 8.03. The number of carbonyl (C=O) groups is 1. The molecule has 0 unspecified atom stereocenters. The first-order chi connectivity index (χ1) is 16.1. The predicted octanol–water partition coefficient (Wildman–Crippen LogP) is 2.48. The van der Waals surface area contributed by atoms with Gasteiger partial charge in [0, 0.05) is 57.3 Å². The summed E-state index contributed by atoms with van der Waals surface area (Å²) in [7, 11) is 0. The zero-order chi connectivity index (χ0) is 23.2. The van der Waals surface area contributed by atoms with Gasteiger partial charge in [0.05, 0.1) is 11.2 Å². The SMILES string of the molecule is CCn1c(=O)cc(OCC(=O)NCCN2CCN(c3ccccc3F)CC2)c2ccccc21. The summed E-state index contributed by atoms with van der Waals surface area (Å²) in [6.45, 7) is 6.65. The third-order valence-electron chi connectivity index (χ3n) is 5.97. The average Bonchev–Trinajstić information content (AvgIpc) is 2.83. The van der Waals surface area contributed by atoms with E-state index in [1.165, 1.54) is 12.1 Å². The van der Waals surface area contributed by atoms with E-state index in [4.69, 9.17) is 4.74 Å². The fourth-order valence-electron chi connectivity index (χ4n) is 4.22. The number of nitrogens with one attached hydrogen (secondary N) is 1. The maximum Gasteiger partial charge on any atom is 0.257 e. The van der Waals surface area contributed by atoms with Crippen LogP contribution in [0.2, 0.25) is 0 Å². The Morgan fingerprint density at radius 2 is 1.79 bits per heavy atom. The number of benzene rings is 2. The normalized spacial score (nSPS) is 14.4. The van der Waals surface area contributed by atoms with E-state index in [0.29, 0.717) is 31.1 Å². The molecule has 3 aromatic rings. The van der Waals surface area contributed by atoms with Crippen LogP contribution < -0.4 is 20.5 Å². The highest BCUT2D eigenvalue weighted by Crippen LogP contribution is 2.23. The molecule has 1 saturated heterocycles. The molecule has 174 valence electrons. The second-order valence-electron chi connectivity index (χ2n) is 8.03. The number of piperazine rings is 1. The van der Waals surface area contributed by atoms with E-state index in [-0.39, 0.29) is 23.9 Å². The Labute approximate surface area is 192 Å². The molecule has 1 aliphatic heterocycles. The molecule has 1 amide bonds. The third-order valence-corrected chi connectivity index (χ3v) is 5.97. The first-order valence-corrected chi connectivity index (χ1v) is 11.3. The molecule has 1 aromatic heterocycles. The summed E-state index contributed by atoms with van der Waals surface area (Å²) >= 11 is 0. The van der Waals surface area contributed by atoms with Crippen molar-refractivity contribution < 1.29 is 13.9 Å². The fourth-order valence-corrected chi connectivity index (χ4v) is 4.22. The molecule has 0 saturated carbocycles. The van der Waals surface area contributed by atoms with Crippen LogP contribution in [0.25, 0.3) is 10.9 Å². The van der Waals surface area contributed by atoms with Gasteiger partial charge in [0.2, 0.25) is 0 Å². The standard InChI is InChI=1S/C25H29FN4O3/c1-2-30-21-9-5-3-7-19(21)23(17-25(30)32)33-18-24(31)27-11-12-28-13-15-29(16-14-28)22-10-6-4-8-20(22)26/h3-10,17H,2,11-16,18H2,1H3,(H,27,31). The van der Waals surface area contributed by atoms with Crippen molar-refractivity contribution in [2.75, 3.05) is 50.8 Å². The Balaban J connectivity index is 1.23. The molecule has 0 bridgehead atoms. The van der Waals surface area contributed by atoms with E-state index < -0.39 is 0 Å². The summed E-state index contributed by atoms with van der Waals surface area (Å²) in [5, 5.41) is 3.68. The minimum Gasteiger partial charge on any atom is -0.483 e. The lowest BCUT2D eigenvalue weighted by Gasteiger charge is -2.36. The maximum atomic E-state index is 14.0. The van der Waals surface area contributed by atoms with Crippen molar-refractivity contribution in [2.24, 2.45) is 0 Å². The van der Waals surface area contributed by atoms with Crippen molar-refractivity contribution in [1.82, 2.24) is 14.8 Å². The minimum absolute atomic E-state index is 0.152. The zero-order valence-corrected chi connectivity index (χ0v) is 18.8. The van der Waals surface area contributed by atoms with Crippen LogP contribution in [-0.2, 0) is 11.3 Å². The highest BCUT2D eigenvalue weighted by atomic mass is 19.1. The molecule has 1 aliphatic rings. The predicted molar refractivity (Wildman–Crippen MR) is 127 cm³/mol. The number of rotatable bonds is 8. The highest BCUT2D eigenvalue weighted by Gasteiger charge is 2.19. The molecule has 1 fully saturated rings. The number of pyridine rings is 1. The van der Waals surface area contributed by atoms with Crippen molar-refractivity contribution >= 4 is 22.5 Å². The van der Waals surface area contributed by atoms with Crippen molar-refractivity contribution in [3.05, 3.63) is 70.8 Å². The molecular formula is C25H29FN4O3. The monoisotopic (exact) mass is 452 g/mol. The topological polar surface area (TPSA) is 66.8 Å². The number of hydrogen-bond acceptors (Lipinski definition) is 5. The Kier molecular flexibility index (Phi) is 7.24. The third kappa shape index (κ3) is 5.34. The minimum atomic E-state index is -0.233. The second kappa shape index (κ2) is 10.5. The molecular weight excluding hydrogens is 423 g/mol. The summed E-state index contributed by atoms with van der Waals surface area (Å²) in [6, 6.07) is 15.8. The van der Waals surface area contributed by atoms with Gasteiger partial charge in [-0.2, -0.15) is 0 Å². The number of para-hydroxylation sites is 2. The van der Waals surface area contributed by atoms with Gasteiger partial charge in [-0.3, -0.25) is 14.5 Å². The van der Waals surface area contributed by atoms with Crippen LogP contribution in [0.3, 0.4) is 0 Å². The van der Waals surface area contributed by atoms with Crippen LogP contribution >= 0.6 is 0 Å². The van der Waals surface area contributed by atoms with Gasteiger partial charge in [-0.05, 0) is 31.2 Å². The molecule has 2 aromatic carbocycles. The summed E-state index contributed by atoms with van der Waals surface area (Å²) in [4.78, 5) is 28.9. The number of aromatic nitrogens is 1. The van der Waals surface area contributed by atoms with Crippen LogP contribution in [0, 0.1) is 5.82 Å². The number of halogens is 1. The van der Waals surface area contributed by atoms with Gasteiger partial charge in [-0.25, -0.2) is 4.39 Å². The number of anilines is 1. The van der Waals surface area contributed by atoms with Crippen LogP contribution in [0.4, 0.5) is 10.1 Å². The molecule has 7 nitrogen and oxygen atoms in total. The van der Waals surface area contributed by atoms with Gasteiger partial charge >= 0.3 is 0 Å².